The van der Waals surface area contributed by atoms with Crippen molar-refractivity contribution in [3.63, 3.8) is 0 Å². The summed E-state index contributed by atoms with van der Waals surface area (Å²) in [5.41, 5.74) is 0. The topological polar surface area (TPSA) is 17.1 Å². The minimum Gasteiger partial charge on any atom is -0.260 e. The highest BCUT2D eigenvalue weighted by Crippen LogP contribution is 1.90. The van der Waals surface area contributed by atoms with Crippen LogP contribution in [0, 0.1) is 0 Å². The van der Waals surface area contributed by atoms with Gasteiger partial charge >= 0.3 is 0 Å². The summed E-state index contributed by atoms with van der Waals surface area (Å²) < 4.78 is 12.8. The maximum absolute atomic E-state index is 10.7. The fourth-order valence-electron chi connectivity index (χ4n) is 0.274. The van der Waals surface area contributed by atoms with E-state index < -0.39 is 10.8 Å². The molecule has 0 aromatic carbocycles. The molecule has 0 rings (SSSR count). The third-order valence-corrected chi connectivity index (χ3v) is 4.47. The summed E-state index contributed by atoms with van der Waals surface area (Å²) in [4.78, 5) is 0. The summed E-state index contributed by atoms with van der Waals surface area (Å²) in [7, 11) is -0.535. The van der Waals surface area contributed by atoms with E-state index in [2.05, 4.69) is 45.2 Å². The van der Waals surface area contributed by atoms with Gasteiger partial charge in [-0.25, -0.2) is 0 Å². The van der Waals surface area contributed by atoms with Crippen molar-refractivity contribution < 1.29 is 4.21 Å². The highest BCUT2D eigenvalue weighted by molar-refractivity contribution is 14.1. The molecule has 0 N–H and O–H groups in total. The fourth-order valence-corrected chi connectivity index (χ4v) is 3.77. The van der Waals surface area contributed by atoms with Crippen molar-refractivity contribution in [3.8, 4) is 0 Å². The first-order chi connectivity index (χ1) is 3.81. The van der Waals surface area contributed by atoms with E-state index in [1.165, 1.54) is 0 Å². The molecule has 1 nitrogen and oxygen atoms in total. The zero-order valence-corrected chi connectivity index (χ0v) is 9.53. The normalized spacial score (nSPS) is 10.4. The van der Waals surface area contributed by atoms with Crippen molar-refractivity contribution in [2.75, 3.05) is 20.4 Å². The van der Waals surface area contributed by atoms with Gasteiger partial charge in [-0.2, -0.15) is 0 Å². The van der Waals surface area contributed by atoms with E-state index in [1.54, 1.807) is 0 Å². The van der Waals surface area contributed by atoms with Gasteiger partial charge in [0.2, 0.25) is 0 Å². The van der Waals surface area contributed by atoms with E-state index in [-0.39, 0.29) is 0 Å². The van der Waals surface area contributed by atoms with Crippen LogP contribution in [0.25, 0.3) is 0 Å². The van der Waals surface area contributed by atoms with Crippen LogP contribution in [0.2, 0.25) is 0 Å². The zero-order valence-electron chi connectivity index (χ0n) is 4.40. The van der Waals surface area contributed by atoms with E-state index in [0.29, 0.717) is 0 Å². The predicted octanol–water partition coefficient (Wildman–Crippen LogP) is 1.61. The largest absolute Gasteiger partial charge is 0.260 e. The van der Waals surface area contributed by atoms with Crippen molar-refractivity contribution in [1.29, 1.82) is 0 Å². The Morgan fingerprint density at radius 2 is 1.50 bits per heavy atom. The summed E-state index contributed by atoms with van der Waals surface area (Å²) in [5.74, 6) is 1.73. The highest BCUT2D eigenvalue weighted by Gasteiger charge is 1.93. The molecule has 0 spiro atoms. The Hall–Kier alpha value is 1.61. The average Bonchev–Trinajstić information content (AvgIpc) is 1.68. The predicted molar refractivity (Wildman–Crippen MR) is 55.7 cm³/mol. The van der Waals surface area contributed by atoms with Crippen LogP contribution in [0.4, 0.5) is 0 Å². The Bertz CT molecular complexity index is 68.4. The van der Waals surface area contributed by atoms with Gasteiger partial charge in [0.1, 0.15) is 0 Å². The van der Waals surface area contributed by atoms with Gasteiger partial charge in [-0.15, -0.1) is 0 Å². The molecule has 0 saturated carbocycles. The van der Waals surface area contributed by atoms with E-state index in [1.807, 2.05) is 0 Å². The lowest BCUT2D eigenvalue weighted by molar-refractivity contribution is 0.685. The third kappa shape index (κ3) is 5.74. The third-order valence-electron chi connectivity index (χ3n) is 0.610. The van der Waals surface area contributed by atoms with Crippen molar-refractivity contribution in [1.82, 2.24) is 0 Å². The quantitative estimate of drug-likeness (QED) is 0.552. The van der Waals surface area contributed by atoms with Crippen LogP contribution in [-0.4, -0.2) is 24.6 Å². The molecule has 0 aliphatic carbocycles. The lowest BCUT2D eigenvalue weighted by Gasteiger charge is -1.91. The van der Waals surface area contributed by atoms with Gasteiger partial charge in [-0.1, -0.05) is 45.2 Å². The van der Waals surface area contributed by atoms with E-state index >= 15 is 0 Å². The Kier molecular flexibility index (Phi) is 8.08. The van der Waals surface area contributed by atoms with E-state index in [9.17, 15) is 4.21 Å². The maximum atomic E-state index is 10.7. The summed E-state index contributed by atoms with van der Waals surface area (Å²) in [6, 6.07) is 0. The molecule has 0 aromatic rings. The molecule has 0 amide bonds. The highest BCUT2D eigenvalue weighted by atomic mass is 127. The molecule has 4 heteroatoms. The molecule has 50 valence electrons. The van der Waals surface area contributed by atoms with Crippen LogP contribution in [0.5, 0.6) is 0 Å². The van der Waals surface area contributed by atoms with Gasteiger partial charge in [0.05, 0.1) is 0 Å². The van der Waals surface area contributed by atoms with Crippen LogP contribution in [0.3, 0.4) is 0 Å². The zero-order chi connectivity index (χ0) is 6.41. The van der Waals surface area contributed by atoms with Crippen molar-refractivity contribution in [2.45, 2.75) is 0 Å². The van der Waals surface area contributed by atoms with Gasteiger partial charge in [0, 0.05) is 31.2 Å². The van der Waals surface area contributed by atoms with Crippen LogP contribution in [0.15, 0.2) is 0 Å². The molecule has 0 radical (unpaired) electrons. The van der Waals surface area contributed by atoms with Crippen molar-refractivity contribution in [2.24, 2.45) is 0 Å². The number of alkyl halides is 2. The summed E-state index contributed by atoms with van der Waals surface area (Å²) in [6.07, 6.45) is 0. The lowest BCUT2D eigenvalue weighted by Crippen LogP contribution is -2.03. The molecule has 0 heterocycles. The first-order valence-electron chi connectivity index (χ1n) is 2.28. The minimum atomic E-state index is -0.535. The first kappa shape index (κ1) is 9.61. The Balaban J connectivity index is 3.06. The average molecular weight is 358 g/mol. The van der Waals surface area contributed by atoms with E-state index in [4.69, 9.17) is 0 Å². The smallest absolute Gasteiger partial charge is 0.0324 e. The van der Waals surface area contributed by atoms with Gasteiger partial charge in [0.25, 0.3) is 0 Å². The van der Waals surface area contributed by atoms with E-state index in [0.717, 1.165) is 20.4 Å². The lowest BCUT2D eigenvalue weighted by atomic mass is 11.0. The van der Waals surface area contributed by atoms with Gasteiger partial charge in [0.15, 0.2) is 0 Å². The van der Waals surface area contributed by atoms with Crippen molar-refractivity contribution >= 4 is 56.0 Å². The SMILES string of the molecule is O=S(CCI)CCI. The molecular formula is C4H8I2OS. The summed E-state index contributed by atoms with van der Waals surface area (Å²) in [6.45, 7) is 0. The second-order valence-corrected chi connectivity index (χ2v) is 5.08. The molecule has 0 unspecified atom stereocenters. The van der Waals surface area contributed by atoms with Crippen molar-refractivity contribution in [3.05, 3.63) is 0 Å². The molecule has 0 saturated heterocycles. The van der Waals surface area contributed by atoms with Crippen LogP contribution in [-0.2, 0) is 10.8 Å². The second-order valence-electron chi connectivity index (χ2n) is 1.23. The molecular weight excluding hydrogens is 350 g/mol. The molecule has 0 aromatic heterocycles. The molecule has 0 bridgehead atoms. The van der Waals surface area contributed by atoms with Gasteiger partial charge in [-0.05, 0) is 0 Å². The molecule has 0 atom stereocenters. The Labute approximate surface area is 79.7 Å². The first-order valence-corrected chi connectivity index (χ1v) is 6.82. The monoisotopic (exact) mass is 358 g/mol. The molecule has 0 aliphatic rings. The van der Waals surface area contributed by atoms with Gasteiger partial charge in [-0.3, -0.25) is 4.21 Å². The number of hydrogen-bond acceptors (Lipinski definition) is 1. The second kappa shape index (κ2) is 6.73. The minimum absolute atomic E-state index is 0.535. The number of halogens is 2. The number of rotatable bonds is 4. The molecule has 0 aliphatic heterocycles. The Morgan fingerprint density at radius 3 is 1.75 bits per heavy atom. The van der Waals surface area contributed by atoms with Crippen LogP contribution < -0.4 is 0 Å². The van der Waals surface area contributed by atoms with Gasteiger partial charge < -0.3 is 0 Å². The summed E-state index contributed by atoms with van der Waals surface area (Å²) >= 11 is 4.49. The summed E-state index contributed by atoms with van der Waals surface area (Å²) in [5, 5.41) is 0. The number of hydrogen-bond donors (Lipinski definition) is 0. The maximum Gasteiger partial charge on any atom is 0.0324 e. The molecule has 8 heavy (non-hydrogen) atoms. The van der Waals surface area contributed by atoms with Crippen LogP contribution >= 0.6 is 45.2 Å². The fraction of sp³-hybridized carbons (Fsp3) is 1.00. The Morgan fingerprint density at radius 1 is 1.12 bits per heavy atom. The van der Waals surface area contributed by atoms with Crippen LogP contribution in [0.1, 0.15) is 0 Å². The molecule has 0 fully saturated rings. The standard InChI is InChI=1S/C4H8I2OS/c5-1-3-8(7)4-2-6/h1-4H2.